The summed E-state index contributed by atoms with van der Waals surface area (Å²) in [6.45, 7) is 9.48. The summed E-state index contributed by atoms with van der Waals surface area (Å²) in [6.07, 6.45) is 0.736. The van der Waals surface area contributed by atoms with E-state index in [0.29, 0.717) is 22.0 Å². The van der Waals surface area contributed by atoms with Crippen molar-refractivity contribution < 1.29 is 23.9 Å². The van der Waals surface area contributed by atoms with E-state index < -0.39 is 24.5 Å². The van der Waals surface area contributed by atoms with Gasteiger partial charge in [0, 0.05) is 4.88 Å². The van der Waals surface area contributed by atoms with Crippen LogP contribution in [0.25, 0.3) is 0 Å². The number of rotatable bonds is 8. The number of carbonyl (C=O) groups excluding carboxylic acids is 3. The molecule has 0 aliphatic heterocycles. The summed E-state index contributed by atoms with van der Waals surface area (Å²) in [6, 6.07) is 7.11. The van der Waals surface area contributed by atoms with Gasteiger partial charge in [-0.25, -0.2) is 9.59 Å². The SMILES string of the molecule is CCOC(=O)c1c(NC(=O)COC(=O)c2ccc(C(C)C)cc2)sc(CC)c1C. The third-order valence-electron chi connectivity index (χ3n) is 4.45. The Morgan fingerprint density at radius 2 is 1.69 bits per heavy atom. The minimum atomic E-state index is -0.572. The number of ether oxygens (including phenoxy) is 2. The monoisotopic (exact) mass is 417 g/mol. The first kappa shape index (κ1) is 22.6. The third kappa shape index (κ3) is 5.67. The Morgan fingerprint density at radius 3 is 2.24 bits per heavy atom. The second-order valence-electron chi connectivity index (χ2n) is 6.83. The molecule has 2 rings (SSSR count). The van der Waals surface area contributed by atoms with Crippen LogP contribution in [0, 0.1) is 6.92 Å². The van der Waals surface area contributed by atoms with E-state index in [1.54, 1.807) is 19.1 Å². The summed E-state index contributed by atoms with van der Waals surface area (Å²) in [4.78, 5) is 37.7. The molecular formula is C22H27NO5S. The summed E-state index contributed by atoms with van der Waals surface area (Å²) < 4.78 is 10.2. The van der Waals surface area contributed by atoms with Gasteiger partial charge in [0.25, 0.3) is 5.91 Å². The molecule has 7 heteroatoms. The molecule has 0 radical (unpaired) electrons. The molecule has 29 heavy (non-hydrogen) atoms. The lowest BCUT2D eigenvalue weighted by molar-refractivity contribution is -0.119. The minimum Gasteiger partial charge on any atom is -0.462 e. The van der Waals surface area contributed by atoms with Gasteiger partial charge in [-0.05, 0) is 49.4 Å². The van der Waals surface area contributed by atoms with E-state index in [1.165, 1.54) is 11.3 Å². The second-order valence-corrected chi connectivity index (χ2v) is 7.93. The summed E-state index contributed by atoms with van der Waals surface area (Å²) in [5, 5.41) is 3.09. The van der Waals surface area contributed by atoms with Crippen molar-refractivity contribution in [2.75, 3.05) is 18.5 Å². The van der Waals surface area contributed by atoms with Crippen LogP contribution in [0.4, 0.5) is 5.00 Å². The Bertz CT molecular complexity index is 883. The number of nitrogens with one attached hydrogen (secondary N) is 1. The molecule has 1 N–H and O–H groups in total. The van der Waals surface area contributed by atoms with E-state index in [9.17, 15) is 14.4 Å². The van der Waals surface area contributed by atoms with Crippen LogP contribution >= 0.6 is 11.3 Å². The van der Waals surface area contributed by atoms with Gasteiger partial charge < -0.3 is 14.8 Å². The number of aryl methyl sites for hydroxylation is 1. The number of hydrogen-bond acceptors (Lipinski definition) is 6. The smallest absolute Gasteiger partial charge is 0.341 e. The van der Waals surface area contributed by atoms with Crippen molar-refractivity contribution in [3.8, 4) is 0 Å². The van der Waals surface area contributed by atoms with Gasteiger partial charge in [0.2, 0.25) is 0 Å². The van der Waals surface area contributed by atoms with Crippen LogP contribution in [-0.2, 0) is 20.7 Å². The molecule has 0 bridgehead atoms. The summed E-state index contributed by atoms with van der Waals surface area (Å²) in [5.74, 6) is -1.19. The van der Waals surface area contributed by atoms with Crippen molar-refractivity contribution in [2.24, 2.45) is 0 Å². The molecule has 2 aromatic rings. The molecule has 1 heterocycles. The highest BCUT2D eigenvalue weighted by Crippen LogP contribution is 2.34. The number of carbonyl (C=O) groups is 3. The van der Waals surface area contributed by atoms with Gasteiger partial charge in [0.1, 0.15) is 5.00 Å². The summed E-state index contributed by atoms with van der Waals surface area (Å²) >= 11 is 1.33. The van der Waals surface area contributed by atoms with Crippen LogP contribution in [0.15, 0.2) is 24.3 Å². The molecule has 0 aliphatic carbocycles. The first-order chi connectivity index (χ1) is 13.8. The predicted octanol–water partition coefficient (Wildman–Crippen LogP) is 4.71. The minimum absolute atomic E-state index is 0.246. The van der Waals surface area contributed by atoms with Gasteiger partial charge in [-0.1, -0.05) is 32.9 Å². The van der Waals surface area contributed by atoms with E-state index in [-0.39, 0.29) is 6.61 Å². The van der Waals surface area contributed by atoms with Gasteiger partial charge in [-0.2, -0.15) is 0 Å². The molecule has 156 valence electrons. The van der Waals surface area contributed by atoms with E-state index in [2.05, 4.69) is 19.2 Å². The first-order valence-electron chi connectivity index (χ1n) is 9.64. The normalized spacial score (nSPS) is 10.7. The van der Waals surface area contributed by atoms with Crippen LogP contribution < -0.4 is 5.32 Å². The fourth-order valence-corrected chi connectivity index (χ4v) is 3.97. The first-order valence-corrected chi connectivity index (χ1v) is 10.5. The zero-order valence-electron chi connectivity index (χ0n) is 17.5. The molecule has 0 saturated heterocycles. The maximum absolute atomic E-state index is 12.3. The third-order valence-corrected chi connectivity index (χ3v) is 5.80. The number of amides is 1. The maximum atomic E-state index is 12.3. The van der Waals surface area contributed by atoms with Crippen molar-refractivity contribution in [2.45, 2.75) is 47.0 Å². The summed E-state index contributed by atoms with van der Waals surface area (Å²) in [5.41, 5.74) is 2.66. The van der Waals surface area contributed by atoms with Gasteiger partial charge in [0.05, 0.1) is 17.7 Å². The zero-order valence-corrected chi connectivity index (χ0v) is 18.3. The second kappa shape index (κ2) is 10.2. The van der Waals surface area contributed by atoms with Crippen molar-refractivity contribution >= 4 is 34.2 Å². The average molecular weight is 418 g/mol. The van der Waals surface area contributed by atoms with Gasteiger partial charge in [-0.3, -0.25) is 4.79 Å². The lowest BCUT2D eigenvalue weighted by Crippen LogP contribution is -2.21. The molecule has 0 atom stereocenters. The molecule has 1 amide bonds. The van der Waals surface area contributed by atoms with E-state index in [0.717, 1.165) is 22.4 Å². The predicted molar refractivity (Wildman–Crippen MR) is 114 cm³/mol. The van der Waals surface area contributed by atoms with Crippen molar-refractivity contribution in [1.29, 1.82) is 0 Å². The number of esters is 2. The molecule has 1 aromatic carbocycles. The van der Waals surface area contributed by atoms with E-state index in [4.69, 9.17) is 9.47 Å². The fraction of sp³-hybridized carbons (Fsp3) is 0.409. The van der Waals surface area contributed by atoms with Crippen molar-refractivity contribution in [1.82, 2.24) is 0 Å². The van der Waals surface area contributed by atoms with E-state index >= 15 is 0 Å². The topological polar surface area (TPSA) is 81.7 Å². The number of thiophene rings is 1. The largest absolute Gasteiger partial charge is 0.462 e. The Kier molecular flexibility index (Phi) is 7.96. The lowest BCUT2D eigenvalue weighted by atomic mass is 10.0. The molecule has 0 saturated carbocycles. The Labute approximate surface area is 175 Å². The fourth-order valence-electron chi connectivity index (χ4n) is 2.82. The van der Waals surface area contributed by atoms with Crippen LogP contribution in [0.1, 0.15) is 70.3 Å². The molecule has 1 aromatic heterocycles. The zero-order chi connectivity index (χ0) is 21.6. The average Bonchev–Trinajstić information content (AvgIpc) is 3.01. The standard InChI is InChI=1S/C22H27NO5S/c1-6-17-14(5)19(22(26)27-7-2)20(29-17)23-18(24)12-28-21(25)16-10-8-15(9-11-16)13(3)4/h8-11,13H,6-7,12H2,1-5H3,(H,23,24). The number of anilines is 1. The molecule has 0 unspecified atom stereocenters. The van der Waals surface area contributed by atoms with Crippen LogP contribution in [0.3, 0.4) is 0 Å². The highest BCUT2D eigenvalue weighted by Gasteiger charge is 2.23. The lowest BCUT2D eigenvalue weighted by Gasteiger charge is -2.09. The van der Waals surface area contributed by atoms with Crippen LogP contribution in [0.5, 0.6) is 0 Å². The Hall–Kier alpha value is -2.67. The number of benzene rings is 1. The molecular weight excluding hydrogens is 390 g/mol. The molecule has 6 nitrogen and oxygen atoms in total. The molecule has 0 spiro atoms. The van der Waals surface area contributed by atoms with Gasteiger partial charge in [-0.15, -0.1) is 11.3 Å². The Morgan fingerprint density at radius 1 is 1.03 bits per heavy atom. The van der Waals surface area contributed by atoms with Crippen molar-refractivity contribution in [3.63, 3.8) is 0 Å². The summed E-state index contributed by atoms with van der Waals surface area (Å²) in [7, 11) is 0. The quantitative estimate of drug-likeness (QED) is 0.629. The van der Waals surface area contributed by atoms with E-state index in [1.807, 2.05) is 26.0 Å². The highest BCUT2D eigenvalue weighted by atomic mass is 32.1. The maximum Gasteiger partial charge on any atom is 0.341 e. The molecule has 0 aliphatic rings. The highest BCUT2D eigenvalue weighted by molar-refractivity contribution is 7.17. The van der Waals surface area contributed by atoms with Gasteiger partial charge >= 0.3 is 11.9 Å². The number of hydrogen-bond donors (Lipinski definition) is 1. The van der Waals surface area contributed by atoms with Crippen LogP contribution in [0.2, 0.25) is 0 Å². The Balaban J connectivity index is 2.03. The van der Waals surface area contributed by atoms with Gasteiger partial charge in [0.15, 0.2) is 6.61 Å². The van der Waals surface area contributed by atoms with Crippen LogP contribution in [-0.4, -0.2) is 31.1 Å². The molecule has 0 fully saturated rings. The van der Waals surface area contributed by atoms with Crippen molar-refractivity contribution in [3.05, 3.63) is 51.4 Å².